The molecular weight excluding hydrogens is 410 g/mol. The minimum absolute atomic E-state index is 0.222. The maximum atomic E-state index is 13.5. The van der Waals surface area contributed by atoms with Gasteiger partial charge in [-0.2, -0.15) is 5.10 Å². The van der Waals surface area contributed by atoms with Gasteiger partial charge in [-0.3, -0.25) is 9.78 Å². The SMILES string of the molecule is Cc1ccc(-c2c(-c3ccc(S(C)(=O)=O)cc3)cnn(Cc3ccccc3)c2=O)cn1. The first-order valence-corrected chi connectivity index (χ1v) is 11.6. The van der Waals surface area contributed by atoms with Gasteiger partial charge < -0.3 is 0 Å². The first-order valence-electron chi connectivity index (χ1n) is 9.70. The molecule has 4 rings (SSSR count). The second-order valence-corrected chi connectivity index (χ2v) is 9.38. The van der Waals surface area contributed by atoms with Crippen LogP contribution in [0.25, 0.3) is 22.3 Å². The van der Waals surface area contributed by atoms with Gasteiger partial charge >= 0.3 is 0 Å². The van der Waals surface area contributed by atoms with Gasteiger partial charge in [0.25, 0.3) is 5.56 Å². The van der Waals surface area contributed by atoms with Crippen LogP contribution in [0.15, 0.2) is 88.8 Å². The highest BCUT2D eigenvalue weighted by molar-refractivity contribution is 7.90. The number of aromatic nitrogens is 3. The molecule has 0 bridgehead atoms. The van der Waals surface area contributed by atoms with E-state index in [1.165, 1.54) is 16.8 Å². The van der Waals surface area contributed by atoms with E-state index < -0.39 is 9.84 Å². The Bertz CT molecular complexity index is 1380. The molecule has 4 aromatic rings. The van der Waals surface area contributed by atoms with Gasteiger partial charge in [0.05, 0.1) is 23.2 Å². The largest absolute Gasteiger partial charge is 0.275 e. The van der Waals surface area contributed by atoms with Crippen molar-refractivity contribution in [1.82, 2.24) is 14.8 Å². The Kier molecular flexibility index (Phi) is 5.52. The maximum Gasteiger partial charge on any atom is 0.275 e. The van der Waals surface area contributed by atoms with Crippen LogP contribution in [0, 0.1) is 6.92 Å². The summed E-state index contributed by atoms with van der Waals surface area (Å²) in [4.78, 5) is 18.0. The van der Waals surface area contributed by atoms with E-state index in [1.54, 1.807) is 24.5 Å². The van der Waals surface area contributed by atoms with Crippen molar-refractivity contribution in [2.75, 3.05) is 6.26 Å². The summed E-state index contributed by atoms with van der Waals surface area (Å²) in [5.41, 5.74) is 4.07. The first-order chi connectivity index (χ1) is 14.8. The molecule has 0 aliphatic rings. The van der Waals surface area contributed by atoms with Crippen molar-refractivity contribution in [3.63, 3.8) is 0 Å². The van der Waals surface area contributed by atoms with Crippen molar-refractivity contribution < 1.29 is 8.42 Å². The van der Waals surface area contributed by atoms with Crippen molar-refractivity contribution in [3.05, 3.63) is 101 Å². The van der Waals surface area contributed by atoms with Crippen molar-refractivity contribution in [1.29, 1.82) is 0 Å². The molecule has 0 radical (unpaired) electrons. The number of hydrogen-bond acceptors (Lipinski definition) is 5. The summed E-state index contributed by atoms with van der Waals surface area (Å²) < 4.78 is 25.0. The normalized spacial score (nSPS) is 11.4. The topological polar surface area (TPSA) is 81.9 Å². The molecule has 0 spiro atoms. The standard InChI is InChI=1S/C24H21N3O3S/c1-17-8-9-20(14-25-17)23-22(19-10-12-21(13-11-19)31(2,29)30)15-26-27(24(23)28)16-18-6-4-3-5-7-18/h3-15H,16H2,1-2H3. The average molecular weight is 432 g/mol. The third-order valence-electron chi connectivity index (χ3n) is 5.01. The first kappa shape index (κ1) is 20.7. The zero-order valence-corrected chi connectivity index (χ0v) is 18.0. The van der Waals surface area contributed by atoms with Crippen LogP contribution in [0.2, 0.25) is 0 Å². The number of hydrogen-bond donors (Lipinski definition) is 0. The minimum atomic E-state index is -3.31. The molecule has 2 aromatic heterocycles. The molecule has 156 valence electrons. The number of nitrogens with zero attached hydrogens (tertiary/aromatic N) is 3. The quantitative estimate of drug-likeness (QED) is 0.481. The highest BCUT2D eigenvalue weighted by Gasteiger charge is 2.17. The van der Waals surface area contributed by atoms with Crippen LogP contribution < -0.4 is 5.56 Å². The molecule has 6 nitrogen and oxygen atoms in total. The van der Waals surface area contributed by atoms with Gasteiger partial charge in [-0.05, 0) is 36.2 Å². The molecule has 0 saturated heterocycles. The molecule has 0 saturated carbocycles. The predicted molar refractivity (Wildman–Crippen MR) is 121 cm³/mol. The zero-order chi connectivity index (χ0) is 22.0. The second kappa shape index (κ2) is 8.28. The van der Waals surface area contributed by atoms with Gasteiger partial charge in [0, 0.05) is 29.3 Å². The monoisotopic (exact) mass is 431 g/mol. The van der Waals surface area contributed by atoms with E-state index in [4.69, 9.17) is 0 Å². The van der Waals surface area contributed by atoms with Crippen LogP contribution in [0.3, 0.4) is 0 Å². The number of benzene rings is 2. The summed E-state index contributed by atoms with van der Waals surface area (Å²) in [6, 6.07) is 19.8. The molecular formula is C24H21N3O3S. The van der Waals surface area contributed by atoms with Crippen molar-refractivity contribution >= 4 is 9.84 Å². The van der Waals surface area contributed by atoms with Crippen molar-refractivity contribution in [3.8, 4) is 22.3 Å². The van der Waals surface area contributed by atoms with Crippen LogP contribution in [0.1, 0.15) is 11.3 Å². The third-order valence-corrected chi connectivity index (χ3v) is 6.14. The third kappa shape index (κ3) is 4.46. The lowest BCUT2D eigenvalue weighted by Gasteiger charge is -2.13. The lowest BCUT2D eigenvalue weighted by atomic mass is 9.98. The molecule has 2 aromatic carbocycles. The molecule has 0 fully saturated rings. The van der Waals surface area contributed by atoms with E-state index in [0.717, 1.165) is 17.5 Å². The molecule has 0 amide bonds. The van der Waals surface area contributed by atoms with Gasteiger partial charge in [0.15, 0.2) is 9.84 Å². The average Bonchev–Trinajstić information content (AvgIpc) is 2.76. The van der Waals surface area contributed by atoms with Crippen LogP contribution >= 0.6 is 0 Å². The van der Waals surface area contributed by atoms with E-state index in [9.17, 15) is 13.2 Å². The summed E-state index contributed by atoms with van der Waals surface area (Å²) in [5, 5.41) is 4.39. The van der Waals surface area contributed by atoms with Crippen LogP contribution in [0.5, 0.6) is 0 Å². The van der Waals surface area contributed by atoms with Gasteiger partial charge in [0.2, 0.25) is 0 Å². The Hall–Kier alpha value is -3.58. The second-order valence-electron chi connectivity index (χ2n) is 7.37. The van der Waals surface area contributed by atoms with Gasteiger partial charge in [-0.25, -0.2) is 13.1 Å². The fourth-order valence-electron chi connectivity index (χ4n) is 3.35. The Balaban J connectivity index is 1.87. The van der Waals surface area contributed by atoms with E-state index in [1.807, 2.05) is 49.4 Å². The molecule has 7 heteroatoms. The summed E-state index contributed by atoms with van der Waals surface area (Å²) in [5.74, 6) is 0. The van der Waals surface area contributed by atoms with Gasteiger partial charge in [0.1, 0.15) is 0 Å². The van der Waals surface area contributed by atoms with E-state index >= 15 is 0 Å². The van der Waals surface area contributed by atoms with Crippen LogP contribution in [-0.4, -0.2) is 29.4 Å². The lowest BCUT2D eigenvalue weighted by Crippen LogP contribution is -2.25. The Labute approximate surface area is 180 Å². The molecule has 0 aliphatic heterocycles. The highest BCUT2D eigenvalue weighted by atomic mass is 32.2. The molecule has 0 atom stereocenters. The zero-order valence-electron chi connectivity index (χ0n) is 17.2. The number of sulfone groups is 1. The smallest absolute Gasteiger partial charge is 0.267 e. The van der Waals surface area contributed by atoms with Crippen LogP contribution in [0.4, 0.5) is 0 Å². The summed E-state index contributed by atoms with van der Waals surface area (Å²) in [6.45, 7) is 2.23. The Morgan fingerprint density at radius 3 is 2.16 bits per heavy atom. The molecule has 0 N–H and O–H groups in total. The predicted octanol–water partition coefficient (Wildman–Crippen LogP) is 3.73. The molecule has 2 heterocycles. The van der Waals surface area contributed by atoms with Crippen molar-refractivity contribution in [2.45, 2.75) is 18.4 Å². The van der Waals surface area contributed by atoms with Crippen LogP contribution in [-0.2, 0) is 16.4 Å². The highest BCUT2D eigenvalue weighted by Crippen LogP contribution is 2.29. The van der Waals surface area contributed by atoms with Crippen molar-refractivity contribution in [2.24, 2.45) is 0 Å². The number of aryl methyl sites for hydroxylation is 1. The fourth-order valence-corrected chi connectivity index (χ4v) is 3.98. The molecule has 31 heavy (non-hydrogen) atoms. The molecule has 0 aliphatic carbocycles. The number of rotatable bonds is 5. The maximum absolute atomic E-state index is 13.5. The summed E-state index contributed by atoms with van der Waals surface area (Å²) in [6.07, 6.45) is 4.49. The summed E-state index contributed by atoms with van der Waals surface area (Å²) in [7, 11) is -3.31. The van der Waals surface area contributed by atoms with E-state index in [0.29, 0.717) is 28.8 Å². The summed E-state index contributed by atoms with van der Waals surface area (Å²) >= 11 is 0. The molecule has 0 unspecified atom stereocenters. The lowest BCUT2D eigenvalue weighted by molar-refractivity contribution is 0.602. The Morgan fingerprint density at radius 2 is 1.55 bits per heavy atom. The van der Waals surface area contributed by atoms with Gasteiger partial charge in [-0.1, -0.05) is 48.5 Å². The van der Waals surface area contributed by atoms with E-state index in [2.05, 4.69) is 10.1 Å². The minimum Gasteiger partial charge on any atom is -0.267 e. The van der Waals surface area contributed by atoms with Gasteiger partial charge in [-0.15, -0.1) is 0 Å². The van der Waals surface area contributed by atoms with E-state index in [-0.39, 0.29) is 10.5 Å². The number of pyridine rings is 1. The fraction of sp³-hybridized carbons (Fsp3) is 0.125. The Morgan fingerprint density at radius 1 is 0.871 bits per heavy atom.